The van der Waals surface area contributed by atoms with Gasteiger partial charge in [-0.2, -0.15) is 0 Å². The number of aromatic nitrogens is 1. The molecule has 4 rings (SSSR count). The molecule has 5 heteroatoms. The Morgan fingerprint density at radius 2 is 1.83 bits per heavy atom. The number of aryl methyl sites for hydroxylation is 1. The fourth-order valence-electron chi connectivity index (χ4n) is 3.87. The molecule has 0 amide bonds. The summed E-state index contributed by atoms with van der Waals surface area (Å²) in [7, 11) is 1.55. The lowest BCUT2D eigenvalue weighted by molar-refractivity contribution is 0.0475. The summed E-state index contributed by atoms with van der Waals surface area (Å²) in [6.45, 7) is -0.308. The fraction of sp³-hybridized carbons (Fsp3) is 0.292. The first-order valence-corrected chi connectivity index (χ1v) is 9.92. The monoisotopic (exact) mass is 389 g/mol. The molecule has 3 aromatic rings. The van der Waals surface area contributed by atoms with Crippen LogP contribution in [-0.4, -0.2) is 30.5 Å². The lowest BCUT2D eigenvalue weighted by Gasteiger charge is -2.15. The third-order valence-electron chi connectivity index (χ3n) is 5.35. The number of rotatable bonds is 5. The van der Waals surface area contributed by atoms with E-state index < -0.39 is 5.97 Å². The van der Waals surface area contributed by atoms with E-state index in [9.17, 15) is 9.59 Å². The second-order valence-corrected chi connectivity index (χ2v) is 7.22. The predicted octanol–water partition coefficient (Wildman–Crippen LogP) is 4.55. The van der Waals surface area contributed by atoms with Crippen LogP contribution in [0.4, 0.5) is 0 Å². The molecular weight excluding hydrogens is 366 g/mol. The van der Waals surface area contributed by atoms with Crippen LogP contribution in [-0.2, 0) is 17.6 Å². The molecule has 0 atom stereocenters. The molecule has 0 bridgehead atoms. The van der Waals surface area contributed by atoms with Gasteiger partial charge in [-0.3, -0.25) is 9.78 Å². The van der Waals surface area contributed by atoms with Crippen molar-refractivity contribution in [2.24, 2.45) is 0 Å². The van der Waals surface area contributed by atoms with E-state index in [1.165, 1.54) is 0 Å². The van der Waals surface area contributed by atoms with E-state index in [0.717, 1.165) is 54.3 Å². The van der Waals surface area contributed by atoms with Crippen molar-refractivity contribution in [3.05, 3.63) is 70.9 Å². The van der Waals surface area contributed by atoms with E-state index in [2.05, 4.69) is 0 Å². The molecule has 0 fully saturated rings. The van der Waals surface area contributed by atoms with Crippen molar-refractivity contribution in [3.8, 4) is 5.75 Å². The van der Waals surface area contributed by atoms with E-state index >= 15 is 0 Å². The quantitative estimate of drug-likeness (QED) is 0.364. The van der Waals surface area contributed by atoms with Crippen LogP contribution in [0.5, 0.6) is 5.75 Å². The second kappa shape index (κ2) is 8.43. The highest BCUT2D eigenvalue weighted by Gasteiger charge is 2.23. The fourth-order valence-corrected chi connectivity index (χ4v) is 3.87. The normalized spacial score (nSPS) is 13.4. The summed E-state index contributed by atoms with van der Waals surface area (Å²) in [5.41, 5.74) is 3.76. The smallest absolute Gasteiger partial charge is 0.339 e. The lowest BCUT2D eigenvalue weighted by atomic mass is 9.97. The molecule has 1 aliphatic carbocycles. The summed E-state index contributed by atoms with van der Waals surface area (Å²) < 4.78 is 10.6. The van der Waals surface area contributed by atoms with Gasteiger partial charge in [0.2, 0.25) is 0 Å². The number of hydrogen-bond donors (Lipinski definition) is 0. The van der Waals surface area contributed by atoms with Crippen molar-refractivity contribution >= 4 is 22.7 Å². The molecule has 29 heavy (non-hydrogen) atoms. The van der Waals surface area contributed by atoms with Crippen LogP contribution < -0.4 is 4.74 Å². The first-order valence-electron chi connectivity index (χ1n) is 9.92. The summed E-state index contributed by atoms with van der Waals surface area (Å²) in [6, 6.07) is 14.5. The van der Waals surface area contributed by atoms with Gasteiger partial charge in [0.15, 0.2) is 12.4 Å². The Balaban J connectivity index is 1.62. The number of Topliss-reactive ketones (excluding diaryl/α,β-unsaturated/α-hetero) is 1. The molecule has 0 aliphatic heterocycles. The minimum atomic E-state index is -0.460. The standard InChI is InChI=1S/C24H23NO4/c1-28-17-9-7-8-16(14-17)22(26)15-29-24(27)23-18-10-3-2-4-12-20(18)25-21-13-6-5-11-19(21)23/h5-9,11,13-14H,2-4,10,12,15H2,1H3. The molecule has 0 unspecified atom stereocenters. The van der Waals surface area contributed by atoms with E-state index in [0.29, 0.717) is 16.9 Å². The van der Waals surface area contributed by atoms with Crippen LogP contribution in [0.3, 0.4) is 0 Å². The van der Waals surface area contributed by atoms with Gasteiger partial charge in [0.1, 0.15) is 5.75 Å². The molecule has 1 heterocycles. The SMILES string of the molecule is COc1cccc(C(=O)COC(=O)c2c3c(nc4ccccc24)CCCCC3)c1. The van der Waals surface area contributed by atoms with Crippen molar-refractivity contribution in [2.75, 3.05) is 13.7 Å². The molecule has 0 N–H and O–H groups in total. The molecule has 1 aliphatic rings. The van der Waals surface area contributed by atoms with Crippen LogP contribution in [0.15, 0.2) is 48.5 Å². The Bertz CT molecular complexity index is 1070. The summed E-state index contributed by atoms with van der Waals surface area (Å²) >= 11 is 0. The summed E-state index contributed by atoms with van der Waals surface area (Å²) in [5, 5.41) is 0.784. The highest BCUT2D eigenvalue weighted by molar-refractivity contribution is 6.06. The molecule has 0 spiro atoms. The number of hydrogen-bond acceptors (Lipinski definition) is 5. The summed E-state index contributed by atoms with van der Waals surface area (Å²) in [6.07, 6.45) is 4.89. The van der Waals surface area contributed by atoms with Gasteiger partial charge in [0.05, 0.1) is 18.2 Å². The van der Waals surface area contributed by atoms with E-state index in [1.54, 1.807) is 31.4 Å². The van der Waals surface area contributed by atoms with Crippen molar-refractivity contribution < 1.29 is 19.1 Å². The van der Waals surface area contributed by atoms with Crippen LogP contribution in [0.1, 0.15) is 51.2 Å². The molecule has 0 saturated carbocycles. The van der Waals surface area contributed by atoms with Gasteiger partial charge < -0.3 is 9.47 Å². The number of benzene rings is 2. The Morgan fingerprint density at radius 1 is 1.00 bits per heavy atom. The lowest BCUT2D eigenvalue weighted by Crippen LogP contribution is -2.17. The number of fused-ring (bicyclic) bond motifs is 2. The molecule has 148 valence electrons. The third-order valence-corrected chi connectivity index (χ3v) is 5.35. The highest BCUT2D eigenvalue weighted by Crippen LogP contribution is 2.29. The number of nitrogens with zero attached hydrogens (tertiary/aromatic N) is 1. The number of pyridine rings is 1. The topological polar surface area (TPSA) is 65.5 Å². The highest BCUT2D eigenvalue weighted by atomic mass is 16.5. The second-order valence-electron chi connectivity index (χ2n) is 7.22. The molecule has 5 nitrogen and oxygen atoms in total. The molecular formula is C24H23NO4. The van der Waals surface area contributed by atoms with Crippen LogP contribution in [0.25, 0.3) is 10.9 Å². The minimum Gasteiger partial charge on any atom is -0.497 e. The van der Waals surface area contributed by atoms with E-state index in [4.69, 9.17) is 14.5 Å². The zero-order chi connectivity index (χ0) is 20.2. The zero-order valence-corrected chi connectivity index (χ0v) is 16.4. The Morgan fingerprint density at radius 3 is 2.69 bits per heavy atom. The Hall–Kier alpha value is -3.21. The summed E-state index contributed by atoms with van der Waals surface area (Å²) in [5.74, 6) is -0.132. The van der Waals surface area contributed by atoms with Gasteiger partial charge in [0, 0.05) is 16.6 Å². The number of esters is 1. The van der Waals surface area contributed by atoms with Gasteiger partial charge in [-0.15, -0.1) is 0 Å². The molecule has 0 radical (unpaired) electrons. The number of carbonyl (C=O) groups is 2. The average Bonchev–Trinajstić information content (AvgIpc) is 3.00. The van der Waals surface area contributed by atoms with E-state index in [-0.39, 0.29) is 12.4 Å². The molecule has 1 aromatic heterocycles. The largest absolute Gasteiger partial charge is 0.497 e. The average molecular weight is 389 g/mol. The maximum absolute atomic E-state index is 13.1. The number of ketones is 1. The Labute approximate surface area is 169 Å². The van der Waals surface area contributed by atoms with Gasteiger partial charge in [-0.1, -0.05) is 36.8 Å². The first-order chi connectivity index (χ1) is 14.2. The number of ether oxygens (including phenoxy) is 2. The number of para-hydroxylation sites is 1. The maximum Gasteiger partial charge on any atom is 0.339 e. The van der Waals surface area contributed by atoms with Gasteiger partial charge >= 0.3 is 5.97 Å². The maximum atomic E-state index is 13.1. The first kappa shape index (κ1) is 19.1. The van der Waals surface area contributed by atoms with Crippen molar-refractivity contribution in [2.45, 2.75) is 32.1 Å². The zero-order valence-electron chi connectivity index (χ0n) is 16.4. The number of carbonyl (C=O) groups excluding carboxylic acids is 2. The van der Waals surface area contributed by atoms with Crippen LogP contribution in [0, 0.1) is 0 Å². The summed E-state index contributed by atoms with van der Waals surface area (Å²) in [4.78, 5) is 30.4. The van der Waals surface area contributed by atoms with Gasteiger partial charge in [-0.25, -0.2) is 4.79 Å². The van der Waals surface area contributed by atoms with E-state index in [1.807, 2.05) is 24.3 Å². The third kappa shape index (κ3) is 3.99. The molecule has 0 saturated heterocycles. The van der Waals surface area contributed by atoms with Crippen molar-refractivity contribution in [1.29, 1.82) is 0 Å². The minimum absolute atomic E-state index is 0.262. The molecule has 2 aromatic carbocycles. The van der Waals surface area contributed by atoms with Gasteiger partial charge in [0.25, 0.3) is 0 Å². The number of methoxy groups -OCH3 is 1. The van der Waals surface area contributed by atoms with Crippen LogP contribution >= 0.6 is 0 Å². The van der Waals surface area contributed by atoms with Crippen LogP contribution in [0.2, 0.25) is 0 Å². The van der Waals surface area contributed by atoms with Crippen molar-refractivity contribution in [3.63, 3.8) is 0 Å². The predicted molar refractivity (Wildman–Crippen MR) is 111 cm³/mol. The van der Waals surface area contributed by atoms with Gasteiger partial charge in [-0.05, 0) is 49.4 Å². The van der Waals surface area contributed by atoms with Crippen molar-refractivity contribution in [1.82, 2.24) is 4.98 Å². The Kier molecular flexibility index (Phi) is 5.56.